The third-order valence-electron chi connectivity index (χ3n) is 3.09. The molecule has 0 bridgehead atoms. The molecule has 0 fully saturated rings. The van der Waals surface area contributed by atoms with Crippen molar-refractivity contribution in [2.24, 2.45) is 5.73 Å². The number of amides is 3. The maximum atomic E-state index is 12.9. The summed E-state index contributed by atoms with van der Waals surface area (Å²) < 4.78 is 18.0. The van der Waals surface area contributed by atoms with Crippen molar-refractivity contribution in [3.05, 3.63) is 59.9 Å². The molecule has 4 N–H and O–H groups in total. The summed E-state index contributed by atoms with van der Waals surface area (Å²) in [5, 5.41) is 5.02. The number of carbonyl (C=O) groups is 2. The molecule has 0 saturated heterocycles. The van der Waals surface area contributed by atoms with Crippen molar-refractivity contribution in [2.45, 2.75) is 6.04 Å². The van der Waals surface area contributed by atoms with Gasteiger partial charge >= 0.3 is 6.03 Å². The fourth-order valence-electron chi connectivity index (χ4n) is 1.97. The van der Waals surface area contributed by atoms with Crippen LogP contribution in [0.2, 0.25) is 0 Å². The number of halogens is 1. The Kier molecular flexibility index (Phi) is 5.14. The molecule has 2 aromatic carbocycles. The molecule has 0 aliphatic heterocycles. The standard InChI is InChI=1S/C16H16FN3O3/c1-23-13-4-2-3-12(9-13)19-16(22)20-14(15(18)21)10-5-7-11(17)8-6-10/h2-9,14H,1H3,(H2,18,21)(H2,19,20,22). The molecule has 3 amide bonds. The van der Waals surface area contributed by atoms with Gasteiger partial charge < -0.3 is 21.1 Å². The number of hydrogen-bond donors (Lipinski definition) is 3. The van der Waals surface area contributed by atoms with Gasteiger partial charge in [-0.15, -0.1) is 0 Å². The quantitative estimate of drug-likeness (QED) is 0.789. The van der Waals surface area contributed by atoms with Crippen molar-refractivity contribution in [3.63, 3.8) is 0 Å². The first-order valence-corrected chi connectivity index (χ1v) is 6.76. The topological polar surface area (TPSA) is 93.4 Å². The number of rotatable bonds is 5. The third kappa shape index (κ3) is 4.44. The fraction of sp³-hybridized carbons (Fsp3) is 0.125. The normalized spacial score (nSPS) is 11.4. The first-order valence-electron chi connectivity index (χ1n) is 6.76. The lowest BCUT2D eigenvalue weighted by atomic mass is 10.1. The summed E-state index contributed by atoms with van der Waals surface area (Å²) in [6.07, 6.45) is 0. The number of primary amides is 1. The molecule has 0 aliphatic rings. The molecule has 7 heteroatoms. The van der Waals surface area contributed by atoms with E-state index in [-0.39, 0.29) is 0 Å². The summed E-state index contributed by atoms with van der Waals surface area (Å²) in [5.74, 6) is -0.622. The predicted octanol–water partition coefficient (Wildman–Crippen LogP) is 2.18. The van der Waals surface area contributed by atoms with E-state index in [4.69, 9.17) is 10.5 Å². The van der Waals surface area contributed by atoms with Gasteiger partial charge in [-0.25, -0.2) is 9.18 Å². The van der Waals surface area contributed by atoms with E-state index in [9.17, 15) is 14.0 Å². The Hall–Kier alpha value is -3.09. The highest BCUT2D eigenvalue weighted by Crippen LogP contribution is 2.17. The second kappa shape index (κ2) is 7.26. The molecule has 23 heavy (non-hydrogen) atoms. The number of urea groups is 1. The zero-order valence-corrected chi connectivity index (χ0v) is 12.4. The van der Waals surface area contributed by atoms with Crippen LogP contribution in [0.4, 0.5) is 14.9 Å². The second-order valence-corrected chi connectivity index (χ2v) is 4.72. The molecule has 2 rings (SSSR count). The molecule has 0 heterocycles. The average molecular weight is 317 g/mol. The Balaban J connectivity index is 2.09. The predicted molar refractivity (Wildman–Crippen MR) is 83.5 cm³/mol. The minimum absolute atomic E-state index is 0.389. The van der Waals surface area contributed by atoms with Gasteiger partial charge in [0, 0.05) is 11.8 Å². The summed E-state index contributed by atoms with van der Waals surface area (Å²) >= 11 is 0. The zero-order valence-electron chi connectivity index (χ0n) is 12.4. The number of hydrogen-bond acceptors (Lipinski definition) is 3. The molecule has 0 aromatic heterocycles. The molecule has 0 aliphatic carbocycles. The largest absolute Gasteiger partial charge is 0.497 e. The Morgan fingerprint density at radius 3 is 2.48 bits per heavy atom. The summed E-state index contributed by atoms with van der Waals surface area (Å²) in [7, 11) is 1.51. The Bertz CT molecular complexity index is 704. The van der Waals surface area contributed by atoms with E-state index in [1.54, 1.807) is 24.3 Å². The molecule has 0 radical (unpaired) electrons. The van der Waals surface area contributed by atoms with E-state index in [1.165, 1.54) is 31.4 Å². The van der Waals surface area contributed by atoms with Gasteiger partial charge in [0.05, 0.1) is 7.11 Å². The van der Waals surface area contributed by atoms with Gasteiger partial charge in [-0.2, -0.15) is 0 Å². The summed E-state index contributed by atoms with van der Waals surface area (Å²) in [4.78, 5) is 23.6. The van der Waals surface area contributed by atoms with Crippen LogP contribution in [0, 0.1) is 5.82 Å². The lowest BCUT2D eigenvalue weighted by Gasteiger charge is -2.16. The molecule has 2 aromatic rings. The van der Waals surface area contributed by atoms with E-state index in [0.29, 0.717) is 17.0 Å². The molecule has 0 saturated carbocycles. The lowest BCUT2D eigenvalue weighted by Crippen LogP contribution is -2.39. The van der Waals surface area contributed by atoms with E-state index in [1.807, 2.05) is 0 Å². The van der Waals surface area contributed by atoms with E-state index in [2.05, 4.69) is 10.6 Å². The summed E-state index contributed by atoms with van der Waals surface area (Å²) in [6, 6.07) is 10.2. The van der Waals surface area contributed by atoms with Gasteiger partial charge in [0.2, 0.25) is 5.91 Å². The number of ether oxygens (including phenoxy) is 1. The van der Waals surface area contributed by atoms with E-state index in [0.717, 1.165) is 0 Å². The molecular weight excluding hydrogens is 301 g/mol. The van der Waals surface area contributed by atoms with Crippen LogP contribution in [0.1, 0.15) is 11.6 Å². The first kappa shape index (κ1) is 16.3. The minimum atomic E-state index is -1.07. The van der Waals surface area contributed by atoms with Crippen LogP contribution in [0.25, 0.3) is 0 Å². The average Bonchev–Trinajstić information content (AvgIpc) is 2.53. The number of anilines is 1. The highest BCUT2D eigenvalue weighted by atomic mass is 19.1. The van der Waals surface area contributed by atoms with Gasteiger partial charge in [-0.3, -0.25) is 4.79 Å². The molecule has 0 spiro atoms. The van der Waals surface area contributed by atoms with Crippen LogP contribution < -0.4 is 21.1 Å². The number of nitrogens with two attached hydrogens (primary N) is 1. The van der Waals surface area contributed by atoms with Crippen LogP contribution in [0.3, 0.4) is 0 Å². The van der Waals surface area contributed by atoms with Crippen LogP contribution >= 0.6 is 0 Å². The summed E-state index contributed by atoms with van der Waals surface area (Å²) in [6.45, 7) is 0. The van der Waals surface area contributed by atoms with Gasteiger partial charge in [-0.1, -0.05) is 18.2 Å². The van der Waals surface area contributed by atoms with Gasteiger partial charge in [-0.05, 0) is 29.8 Å². The van der Waals surface area contributed by atoms with Crippen molar-refractivity contribution >= 4 is 17.6 Å². The Labute approximate surface area is 132 Å². The second-order valence-electron chi connectivity index (χ2n) is 4.72. The number of benzene rings is 2. The first-order chi connectivity index (χ1) is 11.0. The molecule has 120 valence electrons. The highest BCUT2D eigenvalue weighted by Gasteiger charge is 2.20. The van der Waals surface area contributed by atoms with E-state index < -0.39 is 23.8 Å². The molecule has 1 atom stereocenters. The number of nitrogens with one attached hydrogen (secondary N) is 2. The van der Waals surface area contributed by atoms with Crippen molar-refractivity contribution in [2.75, 3.05) is 12.4 Å². The summed E-state index contributed by atoms with van der Waals surface area (Å²) in [5.41, 5.74) is 6.18. The Morgan fingerprint density at radius 1 is 1.17 bits per heavy atom. The molecule has 1 unspecified atom stereocenters. The van der Waals surface area contributed by atoms with Crippen LogP contribution in [-0.2, 0) is 4.79 Å². The van der Waals surface area contributed by atoms with Crippen molar-refractivity contribution in [1.29, 1.82) is 0 Å². The number of carbonyl (C=O) groups excluding carboxylic acids is 2. The SMILES string of the molecule is COc1cccc(NC(=O)NC(C(N)=O)c2ccc(F)cc2)c1. The minimum Gasteiger partial charge on any atom is -0.497 e. The van der Waals surface area contributed by atoms with Crippen molar-refractivity contribution in [1.82, 2.24) is 5.32 Å². The zero-order chi connectivity index (χ0) is 16.8. The van der Waals surface area contributed by atoms with Crippen LogP contribution in [0.15, 0.2) is 48.5 Å². The smallest absolute Gasteiger partial charge is 0.320 e. The third-order valence-corrected chi connectivity index (χ3v) is 3.09. The maximum absolute atomic E-state index is 12.9. The maximum Gasteiger partial charge on any atom is 0.320 e. The van der Waals surface area contributed by atoms with E-state index >= 15 is 0 Å². The van der Waals surface area contributed by atoms with Crippen LogP contribution in [0.5, 0.6) is 5.75 Å². The lowest BCUT2D eigenvalue weighted by molar-refractivity contribution is -0.119. The van der Waals surface area contributed by atoms with Crippen molar-refractivity contribution in [3.8, 4) is 5.75 Å². The van der Waals surface area contributed by atoms with Gasteiger partial charge in [0.15, 0.2) is 0 Å². The monoisotopic (exact) mass is 317 g/mol. The highest BCUT2D eigenvalue weighted by molar-refractivity contribution is 5.93. The Morgan fingerprint density at radius 2 is 1.87 bits per heavy atom. The fourth-order valence-corrected chi connectivity index (χ4v) is 1.97. The van der Waals surface area contributed by atoms with Gasteiger partial charge in [0.25, 0.3) is 0 Å². The molecule has 6 nitrogen and oxygen atoms in total. The van der Waals surface area contributed by atoms with Gasteiger partial charge in [0.1, 0.15) is 17.6 Å². The van der Waals surface area contributed by atoms with Crippen LogP contribution in [-0.4, -0.2) is 19.0 Å². The molecular formula is C16H16FN3O3. The van der Waals surface area contributed by atoms with Crippen molar-refractivity contribution < 1.29 is 18.7 Å². The number of methoxy groups -OCH3 is 1.